The van der Waals surface area contributed by atoms with Gasteiger partial charge in [-0.1, -0.05) is 56.0 Å². The quantitative estimate of drug-likeness (QED) is 0.0434. The highest BCUT2D eigenvalue weighted by molar-refractivity contribution is 5.98. The number of nitrogens with one attached hydrogen (secondary N) is 2. The predicted octanol–water partition coefficient (Wildman–Crippen LogP) is 2.39. The lowest BCUT2D eigenvalue weighted by Crippen LogP contribution is -2.75. The molecule has 65 heavy (non-hydrogen) atoms. The van der Waals surface area contributed by atoms with Crippen molar-refractivity contribution in [1.82, 2.24) is 5.32 Å². The topological polar surface area (TPSA) is 294 Å². The molecule has 1 fully saturated rings. The van der Waals surface area contributed by atoms with Gasteiger partial charge in [0, 0.05) is 49.0 Å². The molecular formula is C46H56N4O15. The molecule has 4 aliphatic rings. The van der Waals surface area contributed by atoms with Crippen LogP contribution in [0.5, 0.6) is 34.5 Å². The lowest BCUT2D eigenvalue weighted by molar-refractivity contribution is -0.381. The SMILES string of the molecule is CN=C(N)NCOc1cc(C(=O)O)c2c3c1O[C@@H]1O[C@@]4(CCc5c(OC)c(O)c(OCCc6ccccc6)c(O)c5C(=O)O[C@H]4O)[C@@H](O)[C@@](O)(CC#C[C@H](C3)[C@H](CC(C)C)[C@H](C)N2)[C@H]1O. The van der Waals surface area contributed by atoms with E-state index in [0.717, 1.165) is 5.56 Å². The van der Waals surface area contributed by atoms with Gasteiger partial charge in [-0.2, -0.15) is 0 Å². The molecule has 1 saturated heterocycles. The summed E-state index contributed by atoms with van der Waals surface area (Å²) in [5.41, 5.74) is 1.24. The summed E-state index contributed by atoms with van der Waals surface area (Å²) >= 11 is 0. The highest BCUT2D eigenvalue weighted by Crippen LogP contribution is 2.53. The van der Waals surface area contributed by atoms with Crippen molar-refractivity contribution in [3.63, 3.8) is 0 Å². The van der Waals surface area contributed by atoms with E-state index >= 15 is 0 Å². The van der Waals surface area contributed by atoms with Gasteiger partial charge in [0.05, 0.1) is 25.0 Å². The number of aliphatic imine (C=N–C) groups is 1. The van der Waals surface area contributed by atoms with Crippen LogP contribution in [0.4, 0.5) is 5.69 Å². The first kappa shape index (κ1) is 46.8. The van der Waals surface area contributed by atoms with Crippen LogP contribution in [-0.4, -0.2) is 123 Å². The number of carboxylic acid groups (broad SMARTS) is 1. The van der Waals surface area contributed by atoms with Gasteiger partial charge < -0.3 is 80.5 Å². The molecule has 0 aromatic heterocycles. The number of benzene rings is 3. The first-order valence-corrected chi connectivity index (χ1v) is 21.4. The fourth-order valence-corrected chi connectivity index (χ4v) is 9.30. The van der Waals surface area contributed by atoms with Crippen molar-refractivity contribution in [3.8, 4) is 46.3 Å². The van der Waals surface area contributed by atoms with E-state index in [0.29, 0.717) is 12.8 Å². The molecule has 0 unspecified atom stereocenters. The second kappa shape index (κ2) is 18.7. The maximum absolute atomic E-state index is 14.1. The fraction of sp³-hybridized carbons (Fsp3) is 0.500. The van der Waals surface area contributed by atoms with Gasteiger partial charge in [0.25, 0.3) is 0 Å². The molecule has 19 nitrogen and oxygen atoms in total. The van der Waals surface area contributed by atoms with E-state index in [9.17, 15) is 45.3 Å². The van der Waals surface area contributed by atoms with Crippen molar-refractivity contribution in [3.05, 3.63) is 64.2 Å². The molecule has 19 heteroatoms. The highest BCUT2D eigenvalue weighted by atomic mass is 16.7. The number of nitrogens with zero attached hydrogens (tertiary/aromatic N) is 1. The number of rotatable bonds is 11. The number of carbonyl (C=O) groups is 2. The third-order valence-electron chi connectivity index (χ3n) is 12.7. The number of hydrogen-bond donors (Lipinski definition) is 10. The van der Waals surface area contributed by atoms with Gasteiger partial charge >= 0.3 is 11.9 Å². The Hall–Kier alpha value is -6.17. The molecule has 11 N–H and O–H groups in total. The number of carboxylic acids is 1. The third kappa shape index (κ3) is 8.71. The number of hydrogen-bond acceptors (Lipinski definition) is 16. The van der Waals surface area contributed by atoms with Crippen LogP contribution in [0.25, 0.3) is 0 Å². The van der Waals surface area contributed by atoms with E-state index in [4.69, 9.17) is 34.2 Å². The number of fused-ring (bicyclic) bond motifs is 4. The molecule has 0 amide bonds. The number of anilines is 1. The molecule has 350 valence electrons. The van der Waals surface area contributed by atoms with Crippen molar-refractivity contribution in [1.29, 1.82) is 0 Å². The Labute approximate surface area is 375 Å². The zero-order chi connectivity index (χ0) is 47.0. The molecule has 9 atom stereocenters. The minimum Gasteiger partial charge on any atom is -0.504 e. The standard InChI is InChI=1S/C46H56N4O15/c1-22(2)18-27-23(3)50-32-28-19-25(27)12-9-15-45(59)38(53)41(63-35(28)30(20-29(32)39(54)55)62-21-49-44(47)48-4)65-46(42(45)57)16-13-26-31(40(56)64-43(46)58)33(51)37(34(52)36(26)60-5)61-17-14-24-10-7-6-8-11-24/h6-8,10-11,20,22-23,25,27,38,41-43,50-53,57-59H,13-19,21H2,1-5H3,(H,54,55)(H3,47,48,49)/t23-,25+,27+,38-,41+,42-,43+,45+,46-/m0/s1. The Morgan fingerprint density at radius 2 is 1.83 bits per heavy atom. The Morgan fingerprint density at radius 1 is 1.09 bits per heavy atom. The van der Waals surface area contributed by atoms with Crippen LogP contribution in [-0.2, 0) is 28.7 Å². The number of nitrogens with two attached hydrogens (primary N) is 1. The molecule has 4 bridgehead atoms. The predicted molar refractivity (Wildman–Crippen MR) is 232 cm³/mol. The molecule has 3 aromatic rings. The number of aliphatic hydroxyl groups is 4. The number of aromatic carboxylic acids is 1. The van der Waals surface area contributed by atoms with Crippen LogP contribution in [0.1, 0.15) is 77.4 Å². The number of ether oxygens (including phenoxy) is 6. The normalized spacial score (nSPS) is 28.3. The molecule has 3 aromatic carbocycles. The van der Waals surface area contributed by atoms with E-state index in [1.807, 2.05) is 51.1 Å². The van der Waals surface area contributed by atoms with Crippen molar-refractivity contribution >= 4 is 23.6 Å². The number of guanidine groups is 1. The summed E-state index contributed by atoms with van der Waals surface area (Å²) in [6, 6.07) is 10.2. The average molecular weight is 905 g/mol. The van der Waals surface area contributed by atoms with E-state index in [1.54, 1.807) is 0 Å². The van der Waals surface area contributed by atoms with Crippen LogP contribution in [0.15, 0.2) is 41.4 Å². The molecule has 4 aliphatic heterocycles. The largest absolute Gasteiger partial charge is 0.504 e. The average Bonchev–Trinajstić information content (AvgIpc) is 3.40. The molecule has 0 aliphatic carbocycles. The minimum atomic E-state index is -2.66. The van der Waals surface area contributed by atoms with Crippen molar-refractivity contribution in [2.45, 2.75) is 101 Å². The number of carbonyl (C=O) groups excluding carboxylic acids is 1. The van der Waals surface area contributed by atoms with E-state index in [1.165, 1.54) is 20.2 Å². The number of aliphatic hydroxyl groups excluding tert-OH is 3. The summed E-state index contributed by atoms with van der Waals surface area (Å²) < 4.78 is 35.8. The number of cyclic esters (lactones) is 1. The fourth-order valence-electron chi connectivity index (χ4n) is 9.30. The van der Waals surface area contributed by atoms with Gasteiger partial charge in [-0.15, -0.1) is 0 Å². The second-order valence-corrected chi connectivity index (χ2v) is 17.2. The maximum Gasteiger partial charge on any atom is 0.344 e. The van der Waals surface area contributed by atoms with E-state index in [-0.39, 0.29) is 89.6 Å². The van der Waals surface area contributed by atoms with Gasteiger partial charge in [-0.3, -0.25) is 4.99 Å². The second-order valence-electron chi connectivity index (χ2n) is 17.2. The number of esters is 1. The van der Waals surface area contributed by atoms with Crippen LogP contribution < -0.4 is 35.3 Å². The Kier molecular flexibility index (Phi) is 13.5. The number of aromatic hydroxyl groups is 2. The molecule has 0 radical (unpaired) electrons. The Morgan fingerprint density at radius 3 is 2.51 bits per heavy atom. The number of phenols is 2. The summed E-state index contributed by atoms with van der Waals surface area (Å²) in [7, 11) is 2.66. The Balaban J connectivity index is 1.34. The van der Waals surface area contributed by atoms with Crippen LogP contribution >= 0.6 is 0 Å². The van der Waals surface area contributed by atoms with Crippen molar-refractivity contribution in [2.75, 3.05) is 32.8 Å². The first-order valence-electron chi connectivity index (χ1n) is 21.4. The van der Waals surface area contributed by atoms with Gasteiger partial charge in [0.15, 0.2) is 41.3 Å². The van der Waals surface area contributed by atoms with E-state index < -0.39 is 89.5 Å². The molecule has 1 spiro atoms. The third-order valence-corrected chi connectivity index (χ3v) is 12.7. The molecule has 7 rings (SSSR count). The maximum atomic E-state index is 14.1. The summed E-state index contributed by atoms with van der Waals surface area (Å²) in [6.07, 6.45) is -9.21. The smallest absolute Gasteiger partial charge is 0.344 e. The lowest BCUT2D eigenvalue weighted by atomic mass is 9.71. The zero-order valence-electron chi connectivity index (χ0n) is 36.7. The highest BCUT2D eigenvalue weighted by Gasteiger charge is 2.66. The summed E-state index contributed by atoms with van der Waals surface area (Å²) in [5.74, 6) is 0.583. The minimum absolute atomic E-state index is 0.000399. The Bertz CT molecular complexity index is 2390. The van der Waals surface area contributed by atoms with Crippen LogP contribution in [0.2, 0.25) is 0 Å². The monoisotopic (exact) mass is 904 g/mol. The molecule has 4 heterocycles. The van der Waals surface area contributed by atoms with E-state index in [2.05, 4.69) is 27.5 Å². The summed E-state index contributed by atoms with van der Waals surface area (Å²) in [5, 5.41) is 88.4. The first-order chi connectivity index (χ1) is 30.9. The van der Waals surface area contributed by atoms with Gasteiger partial charge in [0.2, 0.25) is 24.1 Å². The summed E-state index contributed by atoms with van der Waals surface area (Å²) in [6.45, 7) is 5.65. The summed E-state index contributed by atoms with van der Waals surface area (Å²) in [4.78, 5) is 30.9. The number of methoxy groups -OCH3 is 1. The van der Waals surface area contributed by atoms with Gasteiger partial charge in [-0.25, -0.2) is 9.59 Å². The van der Waals surface area contributed by atoms with Gasteiger partial charge in [-0.05, 0) is 50.0 Å². The van der Waals surface area contributed by atoms with Crippen molar-refractivity contribution < 1.29 is 73.8 Å². The zero-order valence-corrected chi connectivity index (χ0v) is 36.7. The number of phenolic OH excluding ortho intramolecular Hbond substituents is 2. The van der Waals surface area contributed by atoms with Gasteiger partial charge in [0.1, 0.15) is 23.4 Å². The molecular weight excluding hydrogens is 849 g/mol. The van der Waals surface area contributed by atoms with Crippen LogP contribution in [0.3, 0.4) is 0 Å². The molecule has 0 saturated carbocycles. The van der Waals surface area contributed by atoms with Crippen molar-refractivity contribution in [2.24, 2.45) is 28.5 Å². The lowest BCUT2D eigenvalue weighted by Gasteiger charge is -2.54. The van der Waals surface area contributed by atoms with Crippen LogP contribution in [0, 0.1) is 29.6 Å².